The number of fused-ring (bicyclic) bond motifs is 1. The zero-order valence-corrected chi connectivity index (χ0v) is 21.0. The molecule has 214 valence electrons. The van der Waals surface area contributed by atoms with Crippen molar-refractivity contribution < 1.29 is 40.7 Å². The Morgan fingerprint density at radius 3 is 2.12 bits per heavy atom. The van der Waals surface area contributed by atoms with Crippen LogP contribution in [0, 0.1) is 23.3 Å². The van der Waals surface area contributed by atoms with Crippen molar-refractivity contribution in [3.63, 3.8) is 0 Å². The summed E-state index contributed by atoms with van der Waals surface area (Å²) in [4.78, 5) is 30.6. The molecule has 0 aliphatic carbocycles. The molecule has 2 saturated heterocycles. The maximum atomic E-state index is 14.1. The first kappa shape index (κ1) is 27.7. The molecule has 2 fully saturated rings. The van der Waals surface area contributed by atoms with Gasteiger partial charge in [-0.15, -0.1) is 0 Å². The Hall–Kier alpha value is -3.88. The summed E-state index contributed by atoms with van der Waals surface area (Å²) >= 11 is 0. The molecule has 2 aromatic carbocycles. The highest BCUT2D eigenvalue weighted by Gasteiger charge is 2.33. The first-order valence-corrected chi connectivity index (χ1v) is 12.5. The third-order valence-corrected chi connectivity index (χ3v) is 7.35. The number of carbonyl (C=O) groups is 2. The van der Waals surface area contributed by atoms with Crippen LogP contribution in [0.4, 0.5) is 31.1 Å². The quantitative estimate of drug-likeness (QED) is 0.368. The minimum Gasteiger partial charge on any atom is -0.444 e. The fourth-order valence-electron chi connectivity index (χ4n) is 5.10. The summed E-state index contributed by atoms with van der Waals surface area (Å²) in [5.41, 5.74) is -1.49. The normalized spacial score (nSPS) is 17.2. The van der Waals surface area contributed by atoms with Gasteiger partial charge in [-0.3, -0.25) is 9.69 Å². The number of nitrogens with one attached hydrogen (secondary N) is 1. The Morgan fingerprint density at radius 1 is 0.875 bits per heavy atom. The second-order valence-electron chi connectivity index (χ2n) is 9.58. The fourth-order valence-corrected chi connectivity index (χ4v) is 5.10. The number of hydrogen-bond acceptors (Lipinski definition) is 6. The fraction of sp³-hybridized carbons (Fsp3) is 0.440. The van der Waals surface area contributed by atoms with Gasteiger partial charge in [0.2, 0.25) is 0 Å². The van der Waals surface area contributed by atoms with Gasteiger partial charge in [-0.05, 0) is 31.0 Å². The van der Waals surface area contributed by atoms with Crippen LogP contribution < -0.4 is 0 Å². The van der Waals surface area contributed by atoms with E-state index in [1.165, 1.54) is 4.90 Å². The highest BCUT2D eigenvalue weighted by atomic mass is 19.3. The van der Waals surface area contributed by atoms with Crippen molar-refractivity contribution in [2.75, 3.05) is 39.3 Å². The first-order valence-electron chi connectivity index (χ1n) is 12.5. The number of amides is 2. The van der Waals surface area contributed by atoms with Crippen LogP contribution in [-0.2, 0) is 11.3 Å². The third-order valence-electron chi connectivity index (χ3n) is 7.35. The van der Waals surface area contributed by atoms with Crippen molar-refractivity contribution in [2.24, 2.45) is 0 Å². The van der Waals surface area contributed by atoms with Crippen molar-refractivity contribution in [1.29, 1.82) is 0 Å². The van der Waals surface area contributed by atoms with E-state index >= 15 is 0 Å². The number of hydrogen-bond donors (Lipinski definition) is 1. The number of benzene rings is 2. The van der Waals surface area contributed by atoms with Crippen molar-refractivity contribution in [3.8, 4) is 0 Å². The summed E-state index contributed by atoms with van der Waals surface area (Å²) in [5.74, 6) is -8.61. The number of H-pyrrole nitrogens is 1. The minimum atomic E-state index is -3.76. The topological polar surface area (TPSA) is 94.7 Å². The molecular formula is C25H24F6N6O3. The number of aromatic amines is 1. The van der Waals surface area contributed by atoms with Gasteiger partial charge in [-0.2, -0.15) is 15.4 Å². The molecule has 2 amide bonds. The molecule has 2 aliphatic heterocycles. The summed E-state index contributed by atoms with van der Waals surface area (Å²) < 4.78 is 86.1. The number of rotatable bonds is 5. The molecule has 0 spiro atoms. The second kappa shape index (κ2) is 11.3. The van der Waals surface area contributed by atoms with Crippen LogP contribution in [0.15, 0.2) is 18.2 Å². The molecule has 0 atom stereocenters. The zero-order valence-electron chi connectivity index (χ0n) is 21.0. The van der Waals surface area contributed by atoms with Crippen molar-refractivity contribution >= 4 is 23.0 Å². The molecule has 0 radical (unpaired) electrons. The lowest BCUT2D eigenvalue weighted by Crippen LogP contribution is -2.54. The molecule has 3 heterocycles. The van der Waals surface area contributed by atoms with E-state index in [4.69, 9.17) is 4.74 Å². The molecule has 3 aromatic rings. The van der Waals surface area contributed by atoms with Gasteiger partial charge in [-0.1, -0.05) is 0 Å². The summed E-state index contributed by atoms with van der Waals surface area (Å²) in [6.45, 7) is 1.68. The number of alkyl halides is 2. The summed E-state index contributed by atoms with van der Waals surface area (Å²) in [6, 6.07) is 5.26. The molecule has 0 saturated carbocycles. The zero-order chi connectivity index (χ0) is 28.6. The van der Waals surface area contributed by atoms with E-state index in [2.05, 4.69) is 20.3 Å². The van der Waals surface area contributed by atoms with Gasteiger partial charge < -0.3 is 14.5 Å². The van der Waals surface area contributed by atoms with Gasteiger partial charge >= 0.3 is 6.09 Å². The van der Waals surface area contributed by atoms with Crippen LogP contribution in [0.5, 0.6) is 0 Å². The maximum absolute atomic E-state index is 14.1. The van der Waals surface area contributed by atoms with Gasteiger partial charge in [0.15, 0.2) is 23.3 Å². The van der Waals surface area contributed by atoms with E-state index in [1.54, 1.807) is 23.1 Å². The summed E-state index contributed by atoms with van der Waals surface area (Å²) in [5, 5.41) is 10.5. The van der Waals surface area contributed by atoms with E-state index < -0.39 is 53.5 Å². The molecule has 5 rings (SSSR count). The third kappa shape index (κ3) is 5.29. The number of piperazine rings is 1. The monoisotopic (exact) mass is 570 g/mol. The van der Waals surface area contributed by atoms with Crippen molar-refractivity contribution in [3.05, 3.63) is 58.2 Å². The van der Waals surface area contributed by atoms with Crippen molar-refractivity contribution in [1.82, 2.24) is 30.1 Å². The highest BCUT2D eigenvalue weighted by molar-refractivity contribution is 5.97. The molecule has 0 bridgehead atoms. The molecule has 1 N–H and O–H groups in total. The Morgan fingerprint density at radius 2 is 1.50 bits per heavy atom. The Labute approximate surface area is 223 Å². The summed E-state index contributed by atoms with van der Waals surface area (Å²) in [7, 11) is 0. The average Bonchev–Trinajstić information content (AvgIpc) is 3.44. The van der Waals surface area contributed by atoms with E-state index in [0.717, 1.165) is 0 Å². The van der Waals surface area contributed by atoms with Gasteiger partial charge in [0, 0.05) is 50.9 Å². The predicted molar refractivity (Wildman–Crippen MR) is 127 cm³/mol. The smallest absolute Gasteiger partial charge is 0.410 e. The molecule has 2 aliphatic rings. The summed E-state index contributed by atoms with van der Waals surface area (Å²) in [6.07, 6.45) is -3.57. The predicted octanol–water partition coefficient (Wildman–Crippen LogP) is 4.01. The van der Waals surface area contributed by atoms with E-state index in [-0.39, 0.29) is 25.0 Å². The lowest BCUT2D eigenvalue weighted by Gasteiger charge is -2.42. The number of nitrogens with zero attached hydrogens (tertiary/aromatic N) is 5. The van der Waals surface area contributed by atoms with E-state index in [9.17, 15) is 35.9 Å². The number of aromatic nitrogens is 3. The number of piperidine rings is 1. The molecule has 0 unspecified atom stereocenters. The van der Waals surface area contributed by atoms with Gasteiger partial charge in [0.1, 0.15) is 17.6 Å². The molecule has 1 aromatic heterocycles. The maximum Gasteiger partial charge on any atom is 0.410 e. The first-order chi connectivity index (χ1) is 19.2. The Bertz CT molecular complexity index is 1390. The van der Waals surface area contributed by atoms with Crippen LogP contribution in [-0.4, -0.2) is 87.4 Å². The largest absolute Gasteiger partial charge is 0.444 e. The van der Waals surface area contributed by atoms with Crippen LogP contribution in [0.2, 0.25) is 0 Å². The van der Waals surface area contributed by atoms with Crippen LogP contribution in [0.25, 0.3) is 11.0 Å². The van der Waals surface area contributed by atoms with E-state index in [0.29, 0.717) is 55.6 Å². The molecule has 15 heteroatoms. The Balaban J connectivity index is 1.10. The number of ether oxygens (including phenoxy) is 1. The molecule has 40 heavy (non-hydrogen) atoms. The van der Waals surface area contributed by atoms with Crippen LogP contribution >= 0.6 is 0 Å². The average molecular weight is 570 g/mol. The van der Waals surface area contributed by atoms with E-state index in [1.807, 2.05) is 0 Å². The van der Waals surface area contributed by atoms with Crippen LogP contribution in [0.3, 0.4) is 0 Å². The lowest BCUT2D eigenvalue weighted by atomic mass is 10.0. The number of likely N-dealkylation sites (tertiary alicyclic amines) is 1. The molecular weight excluding hydrogens is 546 g/mol. The standard InChI is InChI=1S/C25H24F6N6O3/c26-19-15(20(27)22(29)18(21(19)28)23(30)31)12-40-25(39)37-5-3-14(4-6-37)35-7-9-36(10-8-35)24(38)13-1-2-16-17(11-13)33-34-32-16/h1-2,11,14,23H,3-10,12H2,(H,32,33,34). The Kier molecular flexibility index (Phi) is 7.83. The lowest BCUT2D eigenvalue weighted by molar-refractivity contribution is 0.0397. The number of halogens is 6. The minimum absolute atomic E-state index is 0.0985. The number of carbonyl (C=O) groups excluding carboxylic acids is 2. The van der Waals surface area contributed by atoms with Crippen LogP contribution in [0.1, 0.15) is 40.8 Å². The second-order valence-corrected chi connectivity index (χ2v) is 9.58. The van der Waals surface area contributed by atoms with Crippen molar-refractivity contribution in [2.45, 2.75) is 31.9 Å². The highest BCUT2D eigenvalue weighted by Crippen LogP contribution is 2.31. The van der Waals surface area contributed by atoms with Gasteiger partial charge in [-0.25, -0.2) is 31.1 Å². The van der Waals surface area contributed by atoms with Gasteiger partial charge in [0.05, 0.1) is 11.1 Å². The SMILES string of the molecule is O=C(OCc1c(F)c(F)c(C(F)F)c(F)c1F)N1CCC(N2CCN(C(=O)c3ccc4n[nH]nc4c3)CC2)CC1. The van der Waals surface area contributed by atoms with Gasteiger partial charge in [0.25, 0.3) is 12.3 Å². The molecule has 9 nitrogen and oxygen atoms in total.